The fraction of sp³-hybridized carbons (Fsp3) is 0.533. The fourth-order valence-electron chi connectivity index (χ4n) is 2.54. The standard InChI is InChI=1S/C15H21NO4/c1-10-9-16(8-7-11(10)17)15(18)14-12(19-2)5-4-6-13(14)20-3/h4-6,10-11,17H,7-9H2,1-3H3. The molecule has 1 aromatic rings. The van der Waals surface area contributed by atoms with Gasteiger partial charge in [0.05, 0.1) is 20.3 Å². The molecule has 20 heavy (non-hydrogen) atoms. The number of rotatable bonds is 3. The Morgan fingerprint density at radius 1 is 1.30 bits per heavy atom. The Morgan fingerprint density at radius 2 is 1.90 bits per heavy atom. The van der Waals surface area contributed by atoms with E-state index in [2.05, 4.69) is 0 Å². The second-order valence-corrected chi connectivity index (χ2v) is 5.12. The number of nitrogens with zero attached hydrogens (tertiary/aromatic N) is 1. The number of carbonyl (C=O) groups excluding carboxylic acids is 1. The average Bonchev–Trinajstić information content (AvgIpc) is 2.48. The van der Waals surface area contributed by atoms with Gasteiger partial charge < -0.3 is 19.5 Å². The lowest BCUT2D eigenvalue weighted by molar-refractivity contribution is 0.0294. The highest BCUT2D eigenvalue weighted by molar-refractivity contribution is 5.99. The number of aliphatic hydroxyl groups is 1. The molecule has 2 atom stereocenters. The van der Waals surface area contributed by atoms with E-state index in [1.54, 1.807) is 23.1 Å². The van der Waals surface area contributed by atoms with Crippen LogP contribution >= 0.6 is 0 Å². The maximum atomic E-state index is 12.7. The molecule has 0 aliphatic carbocycles. The van der Waals surface area contributed by atoms with Crippen LogP contribution in [-0.4, -0.2) is 49.3 Å². The van der Waals surface area contributed by atoms with Crippen molar-refractivity contribution in [1.82, 2.24) is 4.90 Å². The number of aliphatic hydroxyl groups excluding tert-OH is 1. The van der Waals surface area contributed by atoms with Crippen molar-refractivity contribution in [2.75, 3.05) is 27.3 Å². The van der Waals surface area contributed by atoms with Gasteiger partial charge in [-0.15, -0.1) is 0 Å². The van der Waals surface area contributed by atoms with Crippen LogP contribution in [0.1, 0.15) is 23.7 Å². The van der Waals surface area contributed by atoms with Crippen molar-refractivity contribution in [3.8, 4) is 11.5 Å². The summed E-state index contributed by atoms with van der Waals surface area (Å²) in [5.41, 5.74) is 0.445. The van der Waals surface area contributed by atoms with Crippen molar-refractivity contribution in [2.24, 2.45) is 5.92 Å². The fourth-order valence-corrected chi connectivity index (χ4v) is 2.54. The summed E-state index contributed by atoms with van der Waals surface area (Å²) in [4.78, 5) is 14.4. The van der Waals surface area contributed by atoms with Crippen LogP contribution in [-0.2, 0) is 0 Å². The van der Waals surface area contributed by atoms with Gasteiger partial charge in [-0.05, 0) is 24.5 Å². The Bertz CT molecular complexity index is 467. The summed E-state index contributed by atoms with van der Waals surface area (Å²) in [6.07, 6.45) is 0.267. The molecule has 5 heteroatoms. The molecule has 1 heterocycles. The Kier molecular flexibility index (Phi) is 4.49. The largest absolute Gasteiger partial charge is 0.496 e. The molecule has 0 radical (unpaired) electrons. The summed E-state index contributed by atoms with van der Waals surface area (Å²) < 4.78 is 10.5. The maximum Gasteiger partial charge on any atom is 0.261 e. The molecule has 1 aliphatic rings. The normalized spacial score (nSPS) is 22.5. The number of benzene rings is 1. The topological polar surface area (TPSA) is 59.0 Å². The predicted octanol–water partition coefficient (Wildman–Crippen LogP) is 1.55. The van der Waals surface area contributed by atoms with Gasteiger partial charge in [0, 0.05) is 13.1 Å². The summed E-state index contributed by atoms with van der Waals surface area (Å²) >= 11 is 0. The maximum absolute atomic E-state index is 12.7. The Hall–Kier alpha value is -1.75. The van der Waals surface area contributed by atoms with Crippen LogP contribution in [0.3, 0.4) is 0 Å². The summed E-state index contributed by atoms with van der Waals surface area (Å²) in [7, 11) is 3.07. The van der Waals surface area contributed by atoms with Gasteiger partial charge in [-0.25, -0.2) is 0 Å². The van der Waals surface area contributed by atoms with Crippen LogP contribution in [0.2, 0.25) is 0 Å². The molecule has 1 N–H and O–H groups in total. The third-order valence-corrected chi connectivity index (χ3v) is 3.79. The van der Waals surface area contributed by atoms with Crippen molar-refractivity contribution in [3.05, 3.63) is 23.8 Å². The molecule has 5 nitrogen and oxygen atoms in total. The van der Waals surface area contributed by atoms with Crippen molar-refractivity contribution >= 4 is 5.91 Å². The molecular formula is C15H21NO4. The Balaban J connectivity index is 2.29. The first-order chi connectivity index (χ1) is 9.58. The van der Waals surface area contributed by atoms with Crippen LogP contribution in [0.5, 0.6) is 11.5 Å². The monoisotopic (exact) mass is 279 g/mol. The molecule has 1 aromatic carbocycles. The lowest BCUT2D eigenvalue weighted by Gasteiger charge is -2.34. The van der Waals surface area contributed by atoms with Crippen molar-refractivity contribution in [3.63, 3.8) is 0 Å². The van der Waals surface area contributed by atoms with E-state index in [1.165, 1.54) is 14.2 Å². The smallest absolute Gasteiger partial charge is 0.261 e. The predicted molar refractivity (Wildman–Crippen MR) is 75.2 cm³/mol. The van der Waals surface area contributed by atoms with E-state index in [0.29, 0.717) is 36.6 Å². The highest BCUT2D eigenvalue weighted by atomic mass is 16.5. The first-order valence-electron chi connectivity index (χ1n) is 6.76. The second-order valence-electron chi connectivity index (χ2n) is 5.12. The first-order valence-corrected chi connectivity index (χ1v) is 6.76. The van der Waals surface area contributed by atoms with Crippen molar-refractivity contribution in [1.29, 1.82) is 0 Å². The number of hydrogen-bond acceptors (Lipinski definition) is 4. The Morgan fingerprint density at radius 3 is 2.40 bits per heavy atom. The van der Waals surface area contributed by atoms with Crippen LogP contribution in [0.4, 0.5) is 0 Å². The molecule has 2 unspecified atom stereocenters. The van der Waals surface area contributed by atoms with Gasteiger partial charge in [-0.3, -0.25) is 4.79 Å². The summed E-state index contributed by atoms with van der Waals surface area (Å²) in [6.45, 7) is 3.04. The van der Waals surface area contributed by atoms with Gasteiger partial charge in [0.1, 0.15) is 17.1 Å². The average molecular weight is 279 g/mol. The zero-order valence-electron chi connectivity index (χ0n) is 12.1. The zero-order chi connectivity index (χ0) is 14.7. The van der Waals surface area contributed by atoms with Gasteiger partial charge >= 0.3 is 0 Å². The molecule has 110 valence electrons. The van der Waals surface area contributed by atoms with Gasteiger partial charge in [0.15, 0.2) is 0 Å². The highest BCUT2D eigenvalue weighted by Gasteiger charge is 2.30. The van der Waals surface area contributed by atoms with Crippen LogP contribution in [0, 0.1) is 5.92 Å². The molecule has 2 rings (SSSR count). The minimum atomic E-state index is -0.335. The van der Waals surface area contributed by atoms with E-state index >= 15 is 0 Å². The molecule has 0 saturated carbocycles. The quantitative estimate of drug-likeness (QED) is 0.912. The number of likely N-dealkylation sites (tertiary alicyclic amines) is 1. The van der Waals surface area contributed by atoms with E-state index < -0.39 is 0 Å². The minimum Gasteiger partial charge on any atom is -0.496 e. The number of methoxy groups -OCH3 is 2. The molecule has 1 saturated heterocycles. The minimum absolute atomic E-state index is 0.0772. The SMILES string of the molecule is COc1cccc(OC)c1C(=O)N1CCC(O)C(C)C1. The van der Waals surface area contributed by atoms with E-state index in [4.69, 9.17) is 9.47 Å². The van der Waals surface area contributed by atoms with Gasteiger partial charge in [0.25, 0.3) is 5.91 Å². The molecule has 1 fully saturated rings. The zero-order valence-corrected chi connectivity index (χ0v) is 12.1. The van der Waals surface area contributed by atoms with E-state index in [1.807, 2.05) is 6.92 Å². The van der Waals surface area contributed by atoms with Crippen LogP contribution in [0.25, 0.3) is 0 Å². The molecule has 1 aliphatic heterocycles. The van der Waals surface area contributed by atoms with E-state index in [9.17, 15) is 9.90 Å². The lowest BCUT2D eigenvalue weighted by atomic mass is 9.96. The number of piperidine rings is 1. The third-order valence-electron chi connectivity index (χ3n) is 3.79. The van der Waals surface area contributed by atoms with Gasteiger partial charge in [-0.1, -0.05) is 13.0 Å². The van der Waals surface area contributed by atoms with Crippen molar-refractivity contribution in [2.45, 2.75) is 19.4 Å². The molecule has 0 spiro atoms. The molecule has 0 bridgehead atoms. The molecular weight excluding hydrogens is 258 g/mol. The summed E-state index contributed by atoms with van der Waals surface area (Å²) in [5, 5.41) is 9.76. The summed E-state index contributed by atoms with van der Waals surface area (Å²) in [6, 6.07) is 5.28. The van der Waals surface area contributed by atoms with Crippen LogP contribution < -0.4 is 9.47 Å². The number of carbonyl (C=O) groups is 1. The second kappa shape index (κ2) is 6.13. The third kappa shape index (κ3) is 2.72. The summed E-state index contributed by atoms with van der Waals surface area (Å²) in [5.74, 6) is 0.979. The van der Waals surface area contributed by atoms with Gasteiger partial charge in [-0.2, -0.15) is 0 Å². The van der Waals surface area contributed by atoms with E-state index in [-0.39, 0.29) is 17.9 Å². The highest BCUT2D eigenvalue weighted by Crippen LogP contribution is 2.31. The number of ether oxygens (including phenoxy) is 2. The molecule has 0 aromatic heterocycles. The van der Waals surface area contributed by atoms with Crippen molar-refractivity contribution < 1.29 is 19.4 Å². The number of hydrogen-bond donors (Lipinski definition) is 1. The Labute approximate surface area is 119 Å². The first kappa shape index (κ1) is 14.7. The molecule has 1 amide bonds. The lowest BCUT2D eigenvalue weighted by Crippen LogP contribution is -2.45. The number of amides is 1. The van der Waals surface area contributed by atoms with E-state index in [0.717, 1.165) is 0 Å². The van der Waals surface area contributed by atoms with Crippen LogP contribution in [0.15, 0.2) is 18.2 Å². The van der Waals surface area contributed by atoms with Gasteiger partial charge in [0.2, 0.25) is 0 Å².